The van der Waals surface area contributed by atoms with Crippen LogP contribution in [0.1, 0.15) is 30.9 Å². The molecule has 1 atom stereocenters. The summed E-state index contributed by atoms with van der Waals surface area (Å²) >= 11 is 0. The van der Waals surface area contributed by atoms with Gasteiger partial charge in [-0.2, -0.15) is 0 Å². The third kappa shape index (κ3) is 1.38. The van der Waals surface area contributed by atoms with Crippen LogP contribution in [0.3, 0.4) is 0 Å². The van der Waals surface area contributed by atoms with E-state index in [-0.39, 0.29) is 6.04 Å². The summed E-state index contributed by atoms with van der Waals surface area (Å²) in [7, 11) is 0. The second kappa shape index (κ2) is 3.42. The first-order valence-corrected chi connectivity index (χ1v) is 5.50. The first kappa shape index (κ1) is 9.04. The summed E-state index contributed by atoms with van der Waals surface area (Å²) in [6, 6.07) is 6.08. The number of benzene rings is 1. The van der Waals surface area contributed by atoms with Crippen LogP contribution in [0.5, 0.6) is 11.5 Å². The van der Waals surface area contributed by atoms with Crippen molar-refractivity contribution >= 4 is 0 Å². The summed E-state index contributed by atoms with van der Waals surface area (Å²) in [5.41, 5.74) is 7.34. The van der Waals surface area contributed by atoms with Gasteiger partial charge in [-0.15, -0.1) is 0 Å². The van der Waals surface area contributed by atoms with E-state index >= 15 is 0 Å². The maximum Gasteiger partial charge on any atom is 0.231 e. The molecule has 1 aromatic rings. The standard InChI is InChI=1S/C12H15NO2/c13-11(8-3-1-4-8)9-5-2-6-10-12(9)15-7-14-10/h2,5-6,8,11H,1,3-4,7,13H2/t11-/m0/s1. The molecule has 0 spiro atoms. The first-order valence-electron chi connectivity index (χ1n) is 5.50. The van der Waals surface area contributed by atoms with Crippen LogP contribution in [0.2, 0.25) is 0 Å². The van der Waals surface area contributed by atoms with E-state index in [1.165, 1.54) is 19.3 Å². The Labute approximate surface area is 89.2 Å². The Kier molecular flexibility index (Phi) is 2.06. The van der Waals surface area contributed by atoms with E-state index in [1.54, 1.807) is 0 Å². The van der Waals surface area contributed by atoms with Gasteiger partial charge in [0.05, 0.1) is 0 Å². The van der Waals surface area contributed by atoms with Gasteiger partial charge in [-0.25, -0.2) is 0 Å². The van der Waals surface area contributed by atoms with Crippen molar-refractivity contribution in [1.82, 2.24) is 0 Å². The number of fused-ring (bicyclic) bond motifs is 1. The van der Waals surface area contributed by atoms with Gasteiger partial charge in [-0.05, 0) is 24.8 Å². The molecule has 0 aromatic heterocycles. The number of nitrogens with two attached hydrogens (primary N) is 1. The van der Waals surface area contributed by atoms with E-state index in [1.807, 2.05) is 12.1 Å². The normalized spacial score (nSPS) is 21.1. The summed E-state index contributed by atoms with van der Waals surface area (Å²) in [5, 5.41) is 0. The van der Waals surface area contributed by atoms with E-state index in [0.29, 0.717) is 12.7 Å². The second-order valence-corrected chi connectivity index (χ2v) is 4.30. The van der Waals surface area contributed by atoms with Gasteiger partial charge in [0.1, 0.15) is 0 Å². The van der Waals surface area contributed by atoms with E-state index in [0.717, 1.165) is 17.1 Å². The Morgan fingerprint density at radius 1 is 1.27 bits per heavy atom. The number of para-hydroxylation sites is 1. The lowest BCUT2D eigenvalue weighted by Crippen LogP contribution is -2.27. The summed E-state index contributed by atoms with van der Waals surface area (Å²) in [5.74, 6) is 2.32. The molecule has 2 N–H and O–H groups in total. The molecule has 0 bridgehead atoms. The molecule has 3 rings (SSSR count). The lowest BCUT2D eigenvalue weighted by atomic mass is 9.77. The van der Waals surface area contributed by atoms with Crippen LogP contribution in [0.4, 0.5) is 0 Å². The van der Waals surface area contributed by atoms with Gasteiger partial charge in [0.2, 0.25) is 6.79 Å². The van der Waals surface area contributed by atoms with Gasteiger partial charge in [0, 0.05) is 11.6 Å². The zero-order chi connectivity index (χ0) is 10.3. The Hall–Kier alpha value is -1.22. The predicted molar refractivity (Wildman–Crippen MR) is 56.8 cm³/mol. The quantitative estimate of drug-likeness (QED) is 0.805. The maximum absolute atomic E-state index is 6.24. The highest BCUT2D eigenvalue weighted by Gasteiger charge is 2.29. The minimum Gasteiger partial charge on any atom is -0.454 e. The Bertz CT molecular complexity index is 374. The van der Waals surface area contributed by atoms with Gasteiger partial charge >= 0.3 is 0 Å². The highest BCUT2D eigenvalue weighted by molar-refractivity contribution is 5.49. The molecule has 1 saturated carbocycles. The van der Waals surface area contributed by atoms with Crippen molar-refractivity contribution in [3.63, 3.8) is 0 Å². The van der Waals surface area contributed by atoms with Crippen molar-refractivity contribution in [2.75, 3.05) is 6.79 Å². The van der Waals surface area contributed by atoms with E-state index in [9.17, 15) is 0 Å². The lowest BCUT2D eigenvalue weighted by Gasteiger charge is -2.31. The zero-order valence-electron chi connectivity index (χ0n) is 8.61. The average molecular weight is 205 g/mol. The summed E-state index contributed by atoms with van der Waals surface area (Å²) in [4.78, 5) is 0. The molecule has 1 heterocycles. The van der Waals surface area contributed by atoms with Crippen LogP contribution >= 0.6 is 0 Å². The van der Waals surface area contributed by atoms with Crippen molar-refractivity contribution in [3.8, 4) is 11.5 Å². The smallest absolute Gasteiger partial charge is 0.231 e. The number of hydrogen-bond acceptors (Lipinski definition) is 3. The lowest BCUT2D eigenvalue weighted by molar-refractivity contribution is 0.171. The summed E-state index contributed by atoms with van der Waals surface area (Å²) in [6.07, 6.45) is 3.79. The van der Waals surface area contributed by atoms with Crippen molar-refractivity contribution in [2.24, 2.45) is 11.7 Å². The Balaban J connectivity index is 1.93. The van der Waals surface area contributed by atoms with E-state index in [4.69, 9.17) is 15.2 Å². The molecule has 3 heteroatoms. The van der Waals surface area contributed by atoms with Crippen molar-refractivity contribution < 1.29 is 9.47 Å². The fraction of sp³-hybridized carbons (Fsp3) is 0.500. The van der Waals surface area contributed by atoms with Crippen molar-refractivity contribution in [2.45, 2.75) is 25.3 Å². The third-order valence-electron chi connectivity index (χ3n) is 3.44. The number of ether oxygens (including phenoxy) is 2. The molecule has 0 radical (unpaired) electrons. The minimum atomic E-state index is 0.107. The van der Waals surface area contributed by atoms with Crippen LogP contribution < -0.4 is 15.2 Å². The maximum atomic E-state index is 6.24. The third-order valence-corrected chi connectivity index (χ3v) is 3.44. The monoisotopic (exact) mass is 205 g/mol. The average Bonchev–Trinajstić information content (AvgIpc) is 2.61. The SMILES string of the molecule is N[C@H](c1cccc2c1OCO2)C1CCC1. The summed E-state index contributed by atoms with van der Waals surface area (Å²) in [6.45, 7) is 0.323. The number of rotatable bonds is 2. The van der Waals surface area contributed by atoms with Crippen LogP contribution in [-0.4, -0.2) is 6.79 Å². The Morgan fingerprint density at radius 3 is 2.87 bits per heavy atom. The molecule has 80 valence electrons. The molecule has 1 aromatic carbocycles. The van der Waals surface area contributed by atoms with Gasteiger partial charge in [0.25, 0.3) is 0 Å². The topological polar surface area (TPSA) is 44.5 Å². The molecule has 2 aliphatic rings. The van der Waals surface area contributed by atoms with Crippen LogP contribution in [0, 0.1) is 5.92 Å². The van der Waals surface area contributed by atoms with Crippen LogP contribution in [-0.2, 0) is 0 Å². The van der Waals surface area contributed by atoms with Crippen LogP contribution in [0.25, 0.3) is 0 Å². The molecule has 1 fully saturated rings. The first-order chi connectivity index (χ1) is 7.36. The Morgan fingerprint density at radius 2 is 2.13 bits per heavy atom. The summed E-state index contributed by atoms with van der Waals surface area (Å²) < 4.78 is 10.8. The molecule has 1 aliphatic carbocycles. The fourth-order valence-corrected chi connectivity index (χ4v) is 2.27. The largest absolute Gasteiger partial charge is 0.454 e. The van der Waals surface area contributed by atoms with Crippen molar-refractivity contribution in [1.29, 1.82) is 0 Å². The molecule has 0 saturated heterocycles. The highest BCUT2D eigenvalue weighted by atomic mass is 16.7. The van der Waals surface area contributed by atoms with Gasteiger partial charge < -0.3 is 15.2 Å². The van der Waals surface area contributed by atoms with Gasteiger partial charge in [-0.1, -0.05) is 18.6 Å². The molecule has 0 amide bonds. The fourth-order valence-electron chi connectivity index (χ4n) is 2.27. The van der Waals surface area contributed by atoms with Crippen molar-refractivity contribution in [3.05, 3.63) is 23.8 Å². The predicted octanol–water partition coefficient (Wildman–Crippen LogP) is 2.22. The minimum absolute atomic E-state index is 0.107. The molecule has 1 aliphatic heterocycles. The zero-order valence-corrected chi connectivity index (χ0v) is 8.61. The highest BCUT2D eigenvalue weighted by Crippen LogP contribution is 2.43. The van der Waals surface area contributed by atoms with Crippen LogP contribution in [0.15, 0.2) is 18.2 Å². The van der Waals surface area contributed by atoms with Gasteiger partial charge in [0.15, 0.2) is 11.5 Å². The molecule has 15 heavy (non-hydrogen) atoms. The number of hydrogen-bond donors (Lipinski definition) is 1. The second-order valence-electron chi connectivity index (χ2n) is 4.30. The van der Waals surface area contributed by atoms with E-state index in [2.05, 4.69) is 6.07 Å². The molecular formula is C12H15NO2. The molecular weight excluding hydrogens is 190 g/mol. The molecule has 0 unspecified atom stereocenters. The van der Waals surface area contributed by atoms with E-state index < -0.39 is 0 Å². The van der Waals surface area contributed by atoms with Gasteiger partial charge in [-0.3, -0.25) is 0 Å². The molecule has 3 nitrogen and oxygen atoms in total.